The van der Waals surface area contributed by atoms with E-state index in [2.05, 4.69) is 199 Å². The molecule has 0 radical (unpaired) electrons. The lowest BCUT2D eigenvalue weighted by Gasteiger charge is -2.40. The molecule has 2 aliphatic heterocycles. The van der Waals surface area contributed by atoms with E-state index >= 15 is 0 Å². The number of para-hydroxylation sites is 2. The molecule has 0 saturated carbocycles. The quantitative estimate of drug-likeness (QED) is 0.204. The van der Waals surface area contributed by atoms with Crippen molar-refractivity contribution in [1.29, 1.82) is 0 Å². The zero-order valence-corrected chi connectivity index (χ0v) is 28.3. The van der Waals surface area contributed by atoms with Crippen LogP contribution in [0.3, 0.4) is 0 Å². The van der Waals surface area contributed by atoms with Crippen molar-refractivity contribution >= 4 is 5.70 Å². The van der Waals surface area contributed by atoms with Crippen molar-refractivity contribution in [3.05, 3.63) is 221 Å². The maximum Gasteiger partial charge on any atom is 0.132 e. The molecule has 3 nitrogen and oxygen atoms in total. The van der Waals surface area contributed by atoms with Crippen LogP contribution in [-0.4, -0.2) is 11.9 Å². The Labute approximate surface area is 299 Å². The fourth-order valence-corrected chi connectivity index (χ4v) is 8.75. The standard InChI is InChI=1S/C48H36N2O/c1-50-44(33-17-6-3-7-18-33)31-43(32-15-4-2-5-16-32)49-47(50)36-20-14-19-34(29-36)35-27-28-38-37-21-8-9-22-39(37)48(42(38)30-35)40-23-10-12-25-45(40)51-46-26-13-11-24-41(46)48/h2-31,44,47,49H,1H3. The molecule has 244 valence electrons. The van der Waals surface area contributed by atoms with Gasteiger partial charge in [0.05, 0.1) is 11.5 Å². The second kappa shape index (κ2) is 11.7. The van der Waals surface area contributed by atoms with E-state index in [0.717, 1.165) is 17.2 Å². The Kier molecular flexibility index (Phi) is 6.83. The molecule has 0 aromatic heterocycles. The smallest absolute Gasteiger partial charge is 0.132 e. The molecule has 0 bridgehead atoms. The third kappa shape index (κ3) is 4.55. The van der Waals surface area contributed by atoms with E-state index in [-0.39, 0.29) is 12.2 Å². The summed E-state index contributed by atoms with van der Waals surface area (Å²) in [5, 5.41) is 3.91. The zero-order valence-electron chi connectivity index (χ0n) is 28.3. The summed E-state index contributed by atoms with van der Waals surface area (Å²) in [6, 6.07) is 63.7. The van der Waals surface area contributed by atoms with Crippen LogP contribution < -0.4 is 10.1 Å². The molecule has 0 saturated heterocycles. The van der Waals surface area contributed by atoms with Crippen LogP contribution in [0.4, 0.5) is 0 Å². The van der Waals surface area contributed by atoms with E-state index in [1.807, 2.05) is 0 Å². The Hall–Kier alpha value is -6.16. The lowest BCUT2D eigenvalue weighted by Crippen LogP contribution is -2.41. The number of likely N-dealkylation sites (N-methyl/N-ethyl adjacent to an activating group) is 1. The molecular weight excluding hydrogens is 621 g/mol. The van der Waals surface area contributed by atoms with Crippen LogP contribution in [0.25, 0.3) is 28.0 Å². The van der Waals surface area contributed by atoms with Crippen molar-refractivity contribution in [3.63, 3.8) is 0 Å². The average molecular weight is 657 g/mol. The van der Waals surface area contributed by atoms with Gasteiger partial charge in [-0.15, -0.1) is 0 Å². The molecule has 3 aliphatic rings. The molecule has 2 atom stereocenters. The highest BCUT2D eigenvalue weighted by molar-refractivity contribution is 5.90. The summed E-state index contributed by atoms with van der Waals surface area (Å²) in [5.74, 6) is 1.82. The molecule has 0 fully saturated rings. The highest BCUT2D eigenvalue weighted by Crippen LogP contribution is 2.62. The average Bonchev–Trinajstić information content (AvgIpc) is 3.49. The van der Waals surface area contributed by atoms with Crippen LogP contribution in [-0.2, 0) is 5.41 Å². The highest BCUT2D eigenvalue weighted by atomic mass is 16.5. The molecule has 2 unspecified atom stereocenters. The third-order valence-corrected chi connectivity index (χ3v) is 11.1. The number of benzene rings is 7. The molecule has 10 rings (SSSR count). The van der Waals surface area contributed by atoms with Gasteiger partial charge in [-0.05, 0) is 87.5 Å². The van der Waals surface area contributed by atoms with Gasteiger partial charge in [-0.3, -0.25) is 4.90 Å². The summed E-state index contributed by atoms with van der Waals surface area (Å²) in [4.78, 5) is 2.44. The Morgan fingerprint density at radius 2 is 1.06 bits per heavy atom. The first kappa shape index (κ1) is 29.7. The maximum absolute atomic E-state index is 6.57. The van der Waals surface area contributed by atoms with Gasteiger partial charge in [0, 0.05) is 16.8 Å². The van der Waals surface area contributed by atoms with Gasteiger partial charge in [0.2, 0.25) is 0 Å². The number of hydrogen-bond donors (Lipinski definition) is 1. The predicted octanol–water partition coefficient (Wildman–Crippen LogP) is 11.1. The van der Waals surface area contributed by atoms with Crippen LogP contribution in [0.5, 0.6) is 11.5 Å². The molecule has 7 aromatic carbocycles. The number of ether oxygens (including phenoxy) is 1. The first-order valence-electron chi connectivity index (χ1n) is 17.7. The van der Waals surface area contributed by atoms with Gasteiger partial charge in [-0.25, -0.2) is 0 Å². The molecule has 1 N–H and O–H groups in total. The van der Waals surface area contributed by atoms with Crippen molar-refractivity contribution in [2.75, 3.05) is 7.05 Å². The fraction of sp³-hybridized carbons (Fsp3) is 0.0833. The van der Waals surface area contributed by atoms with Crippen LogP contribution in [0.1, 0.15) is 51.2 Å². The van der Waals surface area contributed by atoms with E-state index < -0.39 is 5.41 Å². The van der Waals surface area contributed by atoms with Gasteiger partial charge in [0.1, 0.15) is 17.7 Å². The number of nitrogens with one attached hydrogen (secondary N) is 1. The highest BCUT2D eigenvalue weighted by Gasteiger charge is 2.51. The largest absolute Gasteiger partial charge is 0.457 e. The minimum absolute atomic E-state index is 0.0327. The Morgan fingerprint density at radius 3 is 1.80 bits per heavy atom. The zero-order chi connectivity index (χ0) is 33.9. The van der Waals surface area contributed by atoms with Gasteiger partial charge in [0.15, 0.2) is 0 Å². The second-order valence-corrected chi connectivity index (χ2v) is 13.8. The van der Waals surface area contributed by atoms with Gasteiger partial charge in [-0.1, -0.05) is 152 Å². The number of hydrogen-bond acceptors (Lipinski definition) is 3. The lowest BCUT2D eigenvalue weighted by atomic mass is 9.66. The van der Waals surface area contributed by atoms with E-state index in [9.17, 15) is 0 Å². The van der Waals surface area contributed by atoms with E-state index in [0.29, 0.717) is 0 Å². The summed E-state index contributed by atoms with van der Waals surface area (Å²) in [6.45, 7) is 0. The van der Waals surface area contributed by atoms with Crippen molar-refractivity contribution in [1.82, 2.24) is 10.2 Å². The fourth-order valence-electron chi connectivity index (χ4n) is 8.75. The van der Waals surface area contributed by atoms with Crippen LogP contribution >= 0.6 is 0 Å². The summed E-state index contributed by atoms with van der Waals surface area (Å²) < 4.78 is 6.57. The van der Waals surface area contributed by atoms with Gasteiger partial charge in [0.25, 0.3) is 0 Å². The topological polar surface area (TPSA) is 24.5 Å². The summed E-state index contributed by atoms with van der Waals surface area (Å²) in [5.41, 5.74) is 14.2. The molecule has 51 heavy (non-hydrogen) atoms. The first-order valence-corrected chi connectivity index (χ1v) is 17.7. The summed E-state index contributed by atoms with van der Waals surface area (Å²) in [6.07, 6.45) is 2.32. The molecule has 3 heteroatoms. The molecular formula is C48H36N2O. The predicted molar refractivity (Wildman–Crippen MR) is 206 cm³/mol. The van der Waals surface area contributed by atoms with Gasteiger partial charge < -0.3 is 10.1 Å². The normalized spacial score (nSPS) is 18.0. The molecule has 7 aromatic rings. The van der Waals surface area contributed by atoms with Gasteiger partial charge in [-0.2, -0.15) is 0 Å². The second-order valence-electron chi connectivity index (χ2n) is 13.8. The summed E-state index contributed by atoms with van der Waals surface area (Å²) >= 11 is 0. The Balaban J connectivity index is 1.12. The van der Waals surface area contributed by atoms with Crippen LogP contribution in [0, 0.1) is 0 Å². The molecule has 1 aliphatic carbocycles. The van der Waals surface area contributed by atoms with Crippen LogP contribution in [0.15, 0.2) is 182 Å². The Bertz CT molecular complexity index is 2420. The third-order valence-electron chi connectivity index (χ3n) is 11.1. The SMILES string of the molecule is CN1C(c2ccccc2)C=C(c2ccccc2)NC1c1cccc(-c2ccc3c(c2)C2(c4ccccc4Oc4ccccc42)c2ccccc2-3)c1. The lowest BCUT2D eigenvalue weighted by molar-refractivity contribution is 0.176. The molecule has 0 amide bonds. The molecule has 2 heterocycles. The monoisotopic (exact) mass is 656 g/mol. The van der Waals surface area contributed by atoms with Gasteiger partial charge >= 0.3 is 0 Å². The maximum atomic E-state index is 6.57. The minimum Gasteiger partial charge on any atom is -0.457 e. The van der Waals surface area contributed by atoms with E-state index in [1.54, 1.807) is 0 Å². The van der Waals surface area contributed by atoms with Crippen LogP contribution in [0.2, 0.25) is 0 Å². The number of nitrogens with zero attached hydrogens (tertiary/aromatic N) is 1. The Morgan fingerprint density at radius 1 is 0.490 bits per heavy atom. The first-order chi connectivity index (χ1) is 25.2. The van der Waals surface area contributed by atoms with E-state index in [1.165, 1.54) is 61.2 Å². The molecule has 1 spiro atoms. The van der Waals surface area contributed by atoms with Crippen molar-refractivity contribution in [3.8, 4) is 33.8 Å². The van der Waals surface area contributed by atoms with Crippen molar-refractivity contribution in [2.45, 2.75) is 17.6 Å². The van der Waals surface area contributed by atoms with E-state index in [4.69, 9.17) is 4.74 Å². The van der Waals surface area contributed by atoms with Crippen molar-refractivity contribution in [2.24, 2.45) is 0 Å². The summed E-state index contributed by atoms with van der Waals surface area (Å²) in [7, 11) is 2.22. The minimum atomic E-state index is -0.492. The number of fused-ring (bicyclic) bond motifs is 9. The number of rotatable bonds is 4. The van der Waals surface area contributed by atoms with Crippen molar-refractivity contribution < 1.29 is 4.74 Å².